The van der Waals surface area contributed by atoms with Gasteiger partial charge in [0, 0.05) is 18.7 Å². The molecule has 2 rings (SSSR count). The second-order valence-electron chi connectivity index (χ2n) is 6.25. The summed E-state index contributed by atoms with van der Waals surface area (Å²) in [6.07, 6.45) is 1.78. The van der Waals surface area contributed by atoms with Gasteiger partial charge in [-0.05, 0) is 24.8 Å². The van der Waals surface area contributed by atoms with E-state index in [2.05, 4.69) is 5.32 Å². The van der Waals surface area contributed by atoms with Gasteiger partial charge >= 0.3 is 0 Å². The first-order chi connectivity index (χ1) is 10.6. The number of hydrogen-bond donors (Lipinski definition) is 2. The normalized spacial score (nSPS) is 20.5. The second kappa shape index (κ2) is 7.55. The molecule has 0 amide bonds. The fourth-order valence-corrected chi connectivity index (χ4v) is 3.87. The van der Waals surface area contributed by atoms with Gasteiger partial charge in [-0.15, -0.1) is 12.4 Å². The molecular weight excluding hydrogens is 372 g/mol. The van der Waals surface area contributed by atoms with Gasteiger partial charge in [0.05, 0.1) is 0 Å². The van der Waals surface area contributed by atoms with E-state index in [1.165, 1.54) is 0 Å². The quantitative estimate of drug-likeness (QED) is 0.614. The lowest BCUT2D eigenvalue weighted by Crippen LogP contribution is -2.52. The molecule has 138 valence electrons. The van der Waals surface area contributed by atoms with Crippen LogP contribution in [0, 0.1) is 28.7 Å². The summed E-state index contributed by atoms with van der Waals surface area (Å²) in [6, 6.07) is -0.300. The molecule has 0 saturated carbocycles. The summed E-state index contributed by atoms with van der Waals surface area (Å²) in [4.78, 5) is -1.64. The predicted octanol–water partition coefficient (Wildman–Crippen LogP) is 2.72. The number of hydrogen-bond acceptors (Lipinski definition) is 3. The summed E-state index contributed by atoms with van der Waals surface area (Å²) in [5, 5.41) is 3.12. The third-order valence-electron chi connectivity index (χ3n) is 4.15. The van der Waals surface area contributed by atoms with Crippen molar-refractivity contribution in [2.24, 2.45) is 5.41 Å². The Bertz CT molecular complexity index is 687. The van der Waals surface area contributed by atoms with Crippen LogP contribution in [0.4, 0.5) is 17.6 Å². The van der Waals surface area contributed by atoms with Crippen molar-refractivity contribution in [2.45, 2.75) is 37.6 Å². The van der Waals surface area contributed by atoms with Crippen LogP contribution in [0.1, 0.15) is 26.7 Å². The van der Waals surface area contributed by atoms with Crippen LogP contribution in [0.15, 0.2) is 11.0 Å². The average molecular weight is 391 g/mol. The topological polar surface area (TPSA) is 58.2 Å². The molecule has 1 aromatic rings. The van der Waals surface area contributed by atoms with E-state index in [-0.39, 0.29) is 36.5 Å². The predicted molar refractivity (Wildman–Crippen MR) is 83.5 cm³/mol. The maximum Gasteiger partial charge on any atom is 0.246 e. The van der Waals surface area contributed by atoms with Crippen molar-refractivity contribution in [3.63, 3.8) is 0 Å². The van der Waals surface area contributed by atoms with Gasteiger partial charge in [-0.1, -0.05) is 13.8 Å². The average Bonchev–Trinajstić information content (AvgIpc) is 2.43. The Morgan fingerprint density at radius 2 is 1.75 bits per heavy atom. The van der Waals surface area contributed by atoms with Crippen molar-refractivity contribution in [1.29, 1.82) is 0 Å². The van der Waals surface area contributed by atoms with E-state index in [4.69, 9.17) is 0 Å². The Kier molecular flexibility index (Phi) is 6.65. The maximum atomic E-state index is 13.6. The second-order valence-corrected chi connectivity index (χ2v) is 7.95. The Hall–Kier alpha value is -0.900. The van der Waals surface area contributed by atoms with Gasteiger partial charge in [-0.2, -0.15) is 0 Å². The molecule has 1 aromatic carbocycles. The van der Waals surface area contributed by atoms with Crippen LogP contribution in [0.5, 0.6) is 0 Å². The van der Waals surface area contributed by atoms with E-state index in [1.54, 1.807) is 0 Å². The molecule has 0 spiro atoms. The zero-order valence-corrected chi connectivity index (χ0v) is 14.8. The number of piperidine rings is 1. The monoisotopic (exact) mass is 390 g/mol. The SMILES string of the molecule is CC1(C)CCCNC1CNS(=O)(=O)c1c(F)c(F)cc(F)c1F.Cl. The zero-order chi connectivity index (χ0) is 17.4. The summed E-state index contributed by atoms with van der Waals surface area (Å²) in [5.41, 5.74) is -0.231. The van der Waals surface area contributed by atoms with E-state index in [0.29, 0.717) is 6.54 Å². The molecule has 0 aromatic heterocycles. The summed E-state index contributed by atoms with van der Waals surface area (Å²) >= 11 is 0. The van der Waals surface area contributed by atoms with E-state index in [9.17, 15) is 26.0 Å². The molecule has 1 aliphatic heterocycles. The van der Waals surface area contributed by atoms with E-state index in [1.807, 2.05) is 18.6 Å². The molecule has 1 atom stereocenters. The van der Waals surface area contributed by atoms with Crippen LogP contribution in [0.25, 0.3) is 0 Å². The van der Waals surface area contributed by atoms with Gasteiger partial charge in [-0.25, -0.2) is 30.7 Å². The lowest BCUT2D eigenvalue weighted by atomic mass is 9.78. The minimum Gasteiger partial charge on any atom is -0.312 e. The van der Waals surface area contributed by atoms with E-state index >= 15 is 0 Å². The molecule has 2 N–H and O–H groups in total. The summed E-state index contributed by atoms with van der Waals surface area (Å²) in [7, 11) is -4.74. The van der Waals surface area contributed by atoms with Gasteiger partial charge in [0.25, 0.3) is 0 Å². The van der Waals surface area contributed by atoms with Crippen LogP contribution in [0.2, 0.25) is 0 Å². The lowest BCUT2D eigenvalue weighted by Gasteiger charge is -2.39. The highest BCUT2D eigenvalue weighted by molar-refractivity contribution is 7.89. The maximum absolute atomic E-state index is 13.6. The molecule has 1 saturated heterocycles. The molecule has 0 aliphatic carbocycles. The number of rotatable bonds is 4. The minimum atomic E-state index is -4.74. The van der Waals surface area contributed by atoms with Gasteiger partial charge in [0.2, 0.25) is 10.0 Å². The Morgan fingerprint density at radius 1 is 1.21 bits per heavy atom. The molecule has 10 heteroatoms. The summed E-state index contributed by atoms with van der Waals surface area (Å²) in [5.74, 6) is -7.40. The Labute approximate surface area is 144 Å². The number of sulfonamides is 1. The number of benzene rings is 1. The number of nitrogens with one attached hydrogen (secondary N) is 2. The highest BCUT2D eigenvalue weighted by atomic mass is 35.5. The van der Waals surface area contributed by atoms with E-state index in [0.717, 1.165) is 12.8 Å². The van der Waals surface area contributed by atoms with Crippen molar-refractivity contribution < 1.29 is 26.0 Å². The highest BCUT2D eigenvalue weighted by Gasteiger charge is 2.35. The summed E-state index contributed by atoms with van der Waals surface area (Å²) < 4.78 is 79.8. The smallest absolute Gasteiger partial charge is 0.246 e. The van der Waals surface area contributed by atoms with Crippen molar-refractivity contribution in [1.82, 2.24) is 10.0 Å². The number of halogens is 5. The van der Waals surface area contributed by atoms with Crippen molar-refractivity contribution >= 4 is 22.4 Å². The van der Waals surface area contributed by atoms with Crippen molar-refractivity contribution in [3.05, 3.63) is 29.3 Å². The largest absolute Gasteiger partial charge is 0.312 e. The first-order valence-corrected chi connectivity index (χ1v) is 8.60. The fourth-order valence-electron chi connectivity index (χ4n) is 2.67. The van der Waals surface area contributed by atoms with Gasteiger partial charge < -0.3 is 5.32 Å². The van der Waals surface area contributed by atoms with Crippen LogP contribution < -0.4 is 10.0 Å². The minimum absolute atomic E-state index is 0. The lowest BCUT2D eigenvalue weighted by molar-refractivity contribution is 0.181. The van der Waals surface area contributed by atoms with Crippen molar-refractivity contribution in [3.8, 4) is 0 Å². The molecule has 0 radical (unpaired) electrons. The molecule has 1 aliphatic rings. The first-order valence-electron chi connectivity index (χ1n) is 7.12. The van der Waals surface area contributed by atoms with Crippen molar-refractivity contribution in [2.75, 3.05) is 13.1 Å². The Balaban J connectivity index is 0.00000288. The zero-order valence-electron chi connectivity index (χ0n) is 13.1. The fraction of sp³-hybridized carbons (Fsp3) is 0.571. The first kappa shape index (κ1) is 21.1. The van der Waals surface area contributed by atoms with E-state index < -0.39 is 38.2 Å². The van der Waals surface area contributed by atoms with Gasteiger partial charge in [-0.3, -0.25) is 0 Å². The molecular formula is C14H19ClF4N2O2S. The van der Waals surface area contributed by atoms with Crippen LogP contribution in [0.3, 0.4) is 0 Å². The third kappa shape index (κ3) is 4.19. The highest BCUT2D eigenvalue weighted by Crippen LogP contribution is 2.30. The molecule has 0 bridgehead atoms. The standard InChI is InChI=1S/C14H18F4N2O2S.ClH/c1-14(2)4-3-5-19-10(14)7-20-23(21,22)13-11(17)8(15)6-9(16)12(13)18;/h6,10,19-20H,3-5,7H2,1-2H3;1H. The molecule has 1 unspecified atom stereocenters. The Morgan fingerprint density at radius 3 is 2.25 bits per heavy atom. The van der Waals surface area contributed by atoms with Crippen LogP contribution >= 0.6 is 12.4 Å². The summed E-state index contributed by atoms with van der Waals surface area (Å²) in [6.45, 7) is 4.40. The molecule has 1 heterocycles. The van der Waals surface area contributed by atoms with Gasteiger partial charge in [0.1, 0.15) is 0 Å². The van der Waals surface area contributed by atoms with Crippen LogP contribution in [-0.2, 0) is 10.0 Å². The van der Waals surface area contributed by atoms with Gasteiger partial charge in [0.15, 0.2) is 28.2 Å². The molecule has 1 fully saturated rings. The molecule has 4 nitrogen and oxygen atoms in total. The van der Waals surface area contributed by atoms with Crippen LogP contribution in [-0.4, -0.2) is 27.5 Å². The molecule has 24 heavy (non-hydrogen) atoms. The third-order valence-corrected chi connectivity index (χ3v) is 5.59.